The summed E-state index contributed by atoms with van der Waals surface area (Å²) in [6.07, 6.45) is 5.28. The van der Waals surface area contributed by atoms with E-state index in [0.717, 1.165) is 31.1 Å². The summed E-state index contributed by atoms with van der Waals surface area (Å²) in [5.74, 6) is 1.56. The average molecular weight is 365 g/mol. The van der Waals surface area contributed by atoms with Gasteiger partial charge in [-0.25, -0.2) is 0 Å². The van der Waals surface area contributed by atoms with Crippen molar-refractivity contribution in [3.8, 4) is 0 Å². The Morgan fingerprint density at radius 2 is 2.08 bits per heavy atom. The third kappa shape index (κ3) is 6.28. The number of likely N-dealkylation sites (tertiary alicyclic amines) is 1. The molecular weight excluding hydrogens is 336 g/mol. The van der Waals surface area contributed by atoms with Gasteiger partial charge in [0.1, 0.15) is 0 Å². The summed E-state index contributed by atoms with van der Waals surface area (Å²) < 4.78 is 5.47. The molecule has 138 valence electrons. The highest BCUT2D eigenvalue weighted by Gasteiger charge is 2.24. The van der Waals surface area contributed by atoms with E-state index in [4.69, 9.17) is 16.3 Å². The molecule has 0 unspecified atom stereocenters. The Balaban J connectivity index is 1.29. The molecule has 2 aliphatic rings. The number of hydrogen-bond donors (Lipinski definition) is 1. The van der Waals surface area contributed by atoms with Crippen LogP contribution in [0.2, 0.25) is 5.02 Å². The van der Waals surface area contributed by atoms with Crippen molar-refractivity contribution in [3.05, 3.63) is 34.9 Å². The van der Waals surface area contributed by atoms with Gasteiger partial charge in [0.25, 0.3) is 0 Å². The van der Waals surface area contributed by atoms with Crippen LogP contribution in [-0.4, -0.2) is 43.7 Å². The molecule has 0 radical (unpaired) electrons. The minimum absolute atomic E-state index is 0.144. The van der Waals surface area contributed by atoms with Crippen LogP contribution < -0.4 is 5.32 Å². The van der Waals surface area contributed by atoms with Crippen LogP contribution in [0, 0.1) is 11.8 Å². The van der Waals surface area contributed by atoms with E-state index in [1.54, 1.807) is 0 Å². The molecule has 25 heavy (non-hydrogen) atoms. The highest BCUT2D eigenvalue weighted by molar-refractivity contribution is 6.30. The molecule has 2 fully saturated rings. The molecule has 0 aromatic heterocycles. The Hall–Kier alpha value is -1.10. The van der Waals surface area contributed by atoms with E-state index in [2.05, 4.69) is 10.2 Å². The zero-order chi connectivity index (χ0) is 17.5. The van der Waals surface area contributed by atoms with E-state index in [9.17, 15) is 4.79 Å². The number of hydrogen-bond acceptors (Lipinski definition) is 3. The standard InChI is InChI=1S/C20H29ClN2O2/c21-19-3-1-2-17(12-19)13-22-20(24)5-4-16-6-9-23(10-7-16)14-18-8-11-25-15-18/h1-3,12,16,18H,4-11,13-15H2,(H,22,24)/t18-/m0/s1. The first-order valence-corrected chi connectivity index (χ1v) is 9.88. The van der Waals surface area contributed by atoms with Gasteiger partial charge in [-0.3, -0.25) is 4.79 Å². The third-order valence-electron chi connectivity index (χ3n) is 5.41. The number of nitrogens with one attached hydrogen (secondary N) is 1. The number of amides is 1. The average Bonchev–Trinajstić information content (AvgIpc) is 3.12. The van der Waals surface area contributed by atoms with Crippen LogP contribution in [0.3, 0.4) is 0 Å². The number of ether oxygens (including phenoxy) is 1. The van der Waals surface area contributed by atoms with Crippen LogP contribution in [0.25, 0.3) is 0 Å². The van der Waals surface area contributed by atoms with Gasteiger partial charge in [0.15, 0.2) is 0 Å². The van der Waals surface area contributed by atoms with Crippen LogP contribution in [0.5, 0.6) is 0 Å². The van der Waals surface area contributed by atoms with Crippen LogP contribution in [0.4, 0.5) is 0 Å². The molecule has 2 heterocycles. The number of benzene rings is 1. The highest BCUT2D eigenvalue weighted by Crippen LogP contribution is 2.24. The summed E-state index contributed by atoms with van der Waals surface area (Å²) in [4.78, 5) is 14.6. The largest absolute Gasteiger partial charge is 0.381 e. The number of piperidine rings is 1. The van der Waals surface area contributed by atoms with E-state index >= 15 is 0 Å². The van der Waals surface area contributed by atoms with Gasteiger partial charge >= 0.3 is 0 Å². The lowest BCUT2D eigenvalue weighted by atomic mass is 9.91. The maximum atomic E-state index is 12.1. The zero-order valence-electron chi connectivity index (χ0n) is 14.9. The molecule has 4 nitrogen and oxygen atoms in total. The SMILES string of the molecule is O=C(CCC1CCN(C[C@@H]2CCOC2)CC1)NCc1cccc(Cl)c1. The fourth-order valence-corrected chi connectivity index (χ4v) is 4.03. The third-order valence-corrected chi connectivity index (χ3v) is 5.64. The Morgan fingerprint density at radius 3 is 2.80 bits per heavy atom. The van der Waals surface area contributed by atoms with E-state index in [1.807, 2.05) is 24.3 Å². The zero-order valence-corrected chi connectivity index (χ0v) is 15.6. The normalized spacial score (nSPS) is 22.2. The lowest BCUT2D eigenvalue weighted by Crippen LogP contribution is -2.37. The number of carbonyl (C=O) groups excluding carboxylic acids is 1. The maximum Gasteiger partial charge on any atom is 0.220 e. The Morgan fingerprint density at radius 1 is 1.24 bits per heavy atom. The highest BCUT2D eigenvalue weighted by atomic mass is 35.5. The van der Waals surface area contributed by atoms with Crippen molar-refractivity contribution >= 4 is 17.5 Å². The Kier molecular flexibility index (Phi) is 7.14. The monoisotopic (exact) mass is 364 g/mol. The van der Waals surface area contributed by atoms with Crippen LogP contribution >= 0.6 is 11.6 Å². The van der Waals surface area contributed by atoms with Gasteiger partial charge in [0.05, 0.1) is 6.61 Å². The second-order valence-corrected chi connectivity index (χ2v) is 7.86. The van der Waals surface area contributed by atoms with E-state index in [1.165, 1.54) is 38.9 Å². The molecule has 0 bridgehead atoms. The molecule has 0 spiro atoms. The van der Waals surface area contributed by atoms with Crippen molar-refractivity contribution in [3.63, 3.8) is 0 Å². The van der Waals surface area contributed by atoms with Gasteiger partial charge in [0, 0.05) is 31.1 Å². The minimum atomic E-state index is 0.144. The minimum Gasteiger partial charge on any atom is -0.381 e. The summed E-state index contributed by atoms with van der Waals surface area (Å²) >= 11 is 5.96. The smallest absolute Gasteiger partial charge is 0.220 e. The predicted molar refractivity (Wildman–Crippen MR) is 101 cm³/mol. The molecule has 0 aliphatic carbocycles. The molecule has 5 heteroatoms. The van der Waals surface area contributed by atoms with Crippen molar-refractivity contribution < 1.29 is 9.53 Å². The van der Waals surface area contributed by atoms with Crippen molar-refractivity contribution in [1.82, 2.24) is 10.2 Å². The van der Waals surface area contributed by atoms with E-state index in [0.29, 0.717) is 23.9 Å². The number of rotatable bonds is 7. The molecule has 1 N–H and O–H groups in total. The van der Waals surface area contributed by atoms with Crippen molar-refractivity contribution in [2.75, 3.05) is 32.8 Å². The van der Waals surface area contributed by atoms with Gasteiger partial charge in [0.2, 0.25) is 5.91 Å². The van der Waals surface area contributed by atoms with E-state index < -0.39 is 0 Å². The molecule has 1 atom stereocenters. The molecule has 1 amide bonds. The second-order valence-electron chi connectivity index (χ2n) is 7.42. The molecule has 1 aromatic carbocycles. The van der Waals surface area contributed by atoms with Crippen molar-refractivity contribution in [1.29, 1.82) is 0 Å². The van der Waals surface area contributed by atoms with Gasteiger partial charge in [-0.2, -0.15) is 0 Å². The molecule has 1 aromatic rings. The number of carbonyl (C=O) groups is 1. The molecule has 2 aliphatic heterocycles. The molecule has 3 rings (SSSR count). The first-order valence-electron chi connectivity index (χ1n) is 9.50. The van der Waals surface area contributed by atoms with E-state index in [-0.39, 0.29) is 5.91 Å². The molecule has 2 saturated heterocycles. The fourth-order valence-electron chi connectivity index (χ4n) is 3.82. The fraction of sp³-hybridized carbons (Fsp3) is 0.650. The lowest BCUT2D eigenvalue weighted by molar-refractivity contribution is -0.121. The van der Waals surface area contributed by atoms with Crippen LogP contribution in [-0.2, 0) is 16.1 Å². The maximum absolute atomic E-state index is 12.1. The molecular formula is C20H29ClN2O2. The van der Waals surface area contributed by atoms with Gasteiger partial charge < -0.3 is 15.0 Å². The van der Waals surface area contributed by atoms with Gasteiger partial charge in [-0.15, -0.1) is 0 Å². The van der Waals surface area contributed by atoms with Gasteiger partial charge in [-0.1, -0.05) is 23.7 Å². The Labute approximate surface area is 155 Å². The second kappa shape index (κ2) is 9.56. The topological polar surface area (TPSA) is 41.6 Å². The van der Waals surface area contributed by atoms with Crippen molar-refractivity contribution in [2.24, 2.45) is 11.8 Å². The quantitative estimate of drug-likeness (QED) is 0.805. The Bertz CT molecular complexity index is 552. The summed E-state index contributed by atoms with van der Waals surface area (Å²) in [6.45, 7) is 5.96. The van der Waals surface area contributed by atoms with Crippen LogP contribution in [0.15, 0.2) is 24.3 Å². The summed E-state index contributed by atoms with van der Waals surface area (Å²) in [5.41, 5.74) is 1.05. The summed E-state index contributed by atoms with van der Waals surface area (Å²) in [5, 5.41) is 3.71. The lowest BCUT2D eigenvalue weighted by Gasteiger charge is -2.33. The summed E-state index contributed by atoms with van der Waals surface area (Å²) in [7, 11) is 0. The van der Waals surface area contributed by atoms with Gasteiger partial charge in [-0.05, 0) is 68.3 Å². The predicted octanol–water partition coefficient (Wildman–Crippen LogP) is 3.48. The van der Waals surface area contributed by atoms with Crippen molar-refractivity contribution in [2.45, 2.75) is 38.6 Å². The summed E-state index contributed by atoms with van der Waals surface area (Å²) in [6, 6.07) is 7.64. The van der Waals surface area contributed by atoms with Crippen LogP contribution in [0.1, 0.15) is 37.7 Å². The molecule has 0 saturated carbocycles. The first kappa shape index (κ1) is 18.7. The number of nitrogens with zero attached hydrogens (tertiary/aromatic N) is 1. The first-order chi connectivity index (χ1) is 12.2. The number of halogens is 1.